The lowest BCUT2D eigenvalue weighted by Gasteiger charge is -2.16. The van der Waals surface area contributed by atoms with E-state index in [0.717, 1.165) is 6.42 Å². The zero-order valence-electron chi connectivity index (χ0n) is 14.8. The lowest BCUT2D eigenvalue weighted by Crippen LogP contribution is -2.39. The molecule has 0 spiro atoms. The van der Waals surface area contributed by atoms with Gasteiger partial charge in [-0.05, 0) is 37.7 Å². The van der Waals surface area contributed by atoms with Crippen LogP contribution < -0.4 is 10.6 Å². The Bertz CT molecular complexity index is 570. The van der Waals surface area contributed by atoms with Gasteiger partial charge in [-0.15, -0.1) is 0 Å². The van der Waals surface area contributed by atoms with Crippen LogP contribution in [0.3, 0.4) is 0 Å². The average Bonchev–Trinajstić information content (AvgIpc) is 2.52. The van der Waals surface area contributed by atoms with Gasteiger partial charge in [0.25, 0.3) is 5.91 Å². The van der Waals surface area contributed by atoms with Gasteiger partial charge in [-0.2, -0.15) is 0 Å². The topological polar surface area (TPSA) is 81.8 Å². The van der Waals surface area contributed by atoms with Crippen molar-refractivity contribution in [2.45, 2.75) is 13.3 Å². The molecule has 0 saturated carbocycles. The van der Waals surface area contributed by atoms with Gasteiger partial charge in [-0.1, -0.05) is 6.92 Å². The van der Waals surface area contributed by atoms with Gasteiger partial charge in [0.1, 0.15) is 0 Å². The van der Waals surface area contributed by atoms with Gasteiger partial charge >= 0.3 is 0 Å². The van der Waals surface area contributed by atoms with Crippen molar-refractivity contribution >= 4 is 23.4 Å². The maximum Gasteiger partial charge on any atom is 0.253 e. The smallest absolute Gasteiger partial charge is 0.253 e. The fraction of sp³-hybridized carbons (Fsp3) is 0.471. The van der Waals surface area contributed by atoms with Crippen LogP contribution in [0, 0.1) is 0 Å². The quantitative estimate of drug-likeness (QED) is 0.736. The highest BCUT2D eigenvalue weighted by Crippen LogP contribution is 2.10. The summed E-state index contributed by atoms with van der Waals surface area (Å²) in [5.74, 6) is -0.406. The van der Waals surface area contributed by atoms with Gasteiger partial charge in [0.05, 0.1) is 13.1 Å². The van der Waals surface area contributed by atoms with Crippen molar-refractivity contribution in [2.24, 2.45) is 0 Å². The summed E-state index contributed by atoms with van der Waals surface area (Å²) < 4.78 is 0. The molecule has 0 unspecified atom stereocenters. The Morgan fingerprint density at radius 1 is 0.958 bits per heavy atom. The zero-order chi connectivity index (χ0) is 18.1. The Morgan fingerprint density at radius 3 is 2.08 bits per heavy atom. The van der Waals surface area contributed by atoms with Crippen LogP contribution in [0.4, 0.5) is 5.69 Å². The molecule has 7 heteroatoms. The monoisotopic (exact) mass is 334 g/mol. The van der Waals surface area contributed by atoms with Crippen LogP contribution in [0.2, 0.25) is 0 Å². The highest BCUT2D eigenvalue weighted by atomic mass is 16.2. The molecule has 0 aliphatic heterocycles. The zero-order valence-corrected chi connectivity index (χ0v) is 14.8. The second-order valence-corrected chi connectivity index (χ2v) is 5.85. The number of nitrogens with one attached hydrogen (secondary N) is 2. The van der Waals surface area contributed by atoms with E-state index in [-0.39, 0.29) is 30.8 Å². The third-order valence-corrected chi connectivity index (χ3v) is 3.22. The predicted molar refractivity (Wildman–Crippen MR) is 93.9 cm³/mol. The van der Waals surface area contributed by atoms with Crippen LogP contribution in [0.1, 0.15) is 23.7 Å². The van der Waals surface area contributed by atoms with Gasteiger partial charge in [-0.25, -0.2) is 0 Å². The Hall–Kier alpha value is -2.41. The number of nitrogens with zero attached hydrogens (tertiary/aromatic N) is 2. The Labute approximate surface area is 143 Å². The molecular formula is C17H26N4O3. The number of amides is 3. The fourth-order valence-corrected chi connectivity index (χ4v) is 2.02. The van der Waals surface area contributed by atoms with Crippen molar-refractivity contribution in [2.75, 3.05) is 46.1 Å². The third-order valence-electron chi connectivity index (χ3n) is 3.22. The summed E-state index contributed by atoms with van der Waals surface area (Å²) in [4.78, 5) is 38.5. The van der Waals surface area contributed by atoms with E-state index in [9.17, 15) is 14.4 Å². The third kappa shape index (κ3) is 6.78. The van der Waals surface area contributed by atoms with Crippen LogP contribution in [0.25, 0.3) is 0 Å². The standard InChI is InChI=1S/C17H26N4O3/c1-5-10-18-15(22)11-21(4)12-16(23)19-14-8-6-13(7-9-14)17(24)20(2)3/h6-9H,5,10-12H2,1-4H3,(H,18,22)(H,19,23). The Kier molecular flexibility index (Phi) is 7.91. The van der Waals surface area contributed by atoms with Crippen molar-refractivity contribution in [1.29, 1.82) is 0 Å². The summed E-state index contributed by atoms with van der Waals surface area (Å²) >= 11 is 0. The van der Waals surface area contributed by atoms with Crippen LogP contribution >= 0.6 is 0 Å². The first-order valence-corrected chi connectivity index (χ1v) is 7.90. The summed E-state index contributed by atoms with van der Waals surface area (Å²) in [5.41, 5.74) is 1.17. The predicted octanol–water partition coefficient (Wildman–Crippen LogP) is 0.785. The fourth-order valence-electron chi connectivity index (χ4n) is 2.02. The van der Waals surface area contributed by atoms with Crippen LogP contribution in [0.15, 0.2) is 24.3 Å². The molecule has 0 aliphatic carbocycles. The van der Waals surface area contributed by atoms with Gasteiger partial charge < -0.3 is 15.5 Å². The Morgan fingerprint density at radius 2 is 1.54 bits per heavy atom. The van der Waals surface area contributed by atoms with Crippen LogP contribution in [0.5, 0.6) is 0 Å². The van der Waals surface area contributed by atoms with E-state index in [1.54, 1.807) is 50.3 Å². The summed E-state index contributed by atoms with van der Waals surface area (Å²) in [6, 6.07) is 6.70. The van der Waals surface area contributed by atoms with Crippen molar-refractivity contribution in [1.82, 2.24) is 15.1 Å². The number of carbonyl (C=O) groups is 3. The molecule has 132 valence electrons. The molecule has 1 aromatic carbocycles. The normalized spacial score (nSPS) is 10.4. The molecule has 0 saturated heterocycles. The highest BCUT2D eigenvalue weighted by molar-refractivity contribution is 5.96. The number of benzene rings is 1. The van der Waals surface area contributed by atoms with Gasteiger partial charge in [0.2, 0.25) is 11.8 Å². The summed E-state index contributed by atoms with van der Waals surface area (Å²) in [7, 11) is 5.08. The minimum atomic E-state index is -0.215. The summed E-state index contributed by atoms with van der Waals surface area (Å²) in [6.45, 7) is 2.90. The number of rotatable bonds is 8. The number of likely N-dealkylation sites (N-methyl/N-ethyl adjacent to an activating group) is 1. The highest BCUT2D eigenvalue weighted by Gasteiger charge is 2.11. The SMILES string of the molecule is CCCNC(=O)CN(C)CC(=O)Nc1ccc(C(=O)N(C)C)cc1. The van der Waals surface area contributed by atoms with E-state index in [1.165, 1.54) is 4.90 Å². The van der Waals surface area contributed by atoms with Crippen LogP contribution in [-0.2, 0) is 9.59 Å². The van der Waals surface area contributed by atoms with Gasteiger partial charge in [-0.3, -0.25) is 19.3 Å². The molecule has 3 amide bonds. The van der Waals surface area contributed by atoms with Gasteiger partial charge in [0, 0.05) is 31.9 Å². The number of anilines is 1. The lowest BCUT2D eigenvalue weighted by molar-refractivity contribution is -0.122. The van der Waals surface area contributed by atoms with Crippen molar-refractivity contribution in [3.8, 4) is 0 Å². The molecule has 24 heavy (non-hydrogen) atoms. The van der Waals surface area contributed by atoms with Gasteiger partial charge in [0.15, 0.2) is 0 Å². The van der Waals surface area contributed by atoms with E-state index in [1.807, 2.05) is 6.92 Å². The lowest BCUT2D eigenvalue weighted by atomic mass is 10.2. The summed E-state index contributed by atoms with van der Waals surface area (Å²) in [6.07, 6.45) is 0.877. The Balaban J connectivity index is 2.47. The number of carbonyl (C=O) groups excluding carboxylic acids is 3. The van der Waals surface area contributed by atoms with E-state index >= 15 is 0 Å². The molecule has 1 aromatic rings. The second-order valence-electron chi connectivity index (χ2n) is 5.85. The second kappa shape index (κ2) is 9.67. The molecule has 1 rings (SSSR count). The van der Waals surface area contributed by atoms with Crippen molar-refractivity contribution < 1.29 is 14.4 Å². The molecule has 0 radical (unpaired) electrons. The largest absolute Gasteiger partial charge is 0.355 e. The summed E-state index contributed by atoms with van der Waals surface area (Å²) in [5, 5.41) is 5.51. The molecule has 0 aliphatic rings. The maximum atomic E-state index is 12.0. The molecule has 0 heterocycles. The molecule has 0 bridgehead atoms. The first-order chi connectivity index (χ1) is 11.3. The first-order valence-electron chi connectivity index (χ1n) is 7.90. The molecule has 0 aromatic heterocycles. The molecule has 0 atom stereocenters. The van der Waals surface area contributed by atoms with E-state index in [2.05, 4.69) is 10.6 Å². The minimum Gasteiger partial charge on any atom is -0.355 e. The number of hydrogen-bond donors (Lipinski definition) is 2. The minimum absolute atomic E-state index is 0.0919. The van der Waals surface area contributed by atoms with E-state index in [4.69, 9.17) is 0 Å². The average molecular weight is 334 g/mol. The van der Waals surface area contributed by atoms with E-state index in [0.29, 0.717) is 17.8 Å². The van der Waals surface area contributed by atoms with E-state index < -0.39 is 0 Å². The molecule has 7 nitrogen and oxygen atoms in total. The van der Waals surface area contributed by atoms with Crippen LogP contribution in [-0.4, -0.2) is 68.3 Å². The molecule has 0 fully saturated rings. The maximum absolute atomic E-state index is 12.0. The van der Waals surface area contributed by atoms with Crippen molar-refractivity contribution in [3.63, 3.8) is 0 Å². The molecular weight excluding hydrogens is 308 g/mol. The molecule has 2 N–H and O–H groups in total. The van der Waals surface area contributed by atoms with Crippen molar-refractivity contribution in [3.05, 3.63) is 29.8 Å². The first kappa shape index (κ1) is 19.6. The number of hydrogen-bond acceptors (Lipinski definition) is 4.